The third-order valence-corrected chi connectivity index (χ3v) is 2.47. The predicted octanol–water partition coefficient (Wildman–Crippen LogP) is 3.74. The molecule has 0 saturated heterocycles. The number of rotatable bonds is 2. The lowest BCUT2D eigenvalue weighted by Gasteiger charge is -2.11. The van der Waals surface area contributed by atoms with E-state index in [9.17, 15) is 13.2 Å². The van der Waals surface area contributed by atoms with E-state index >= 15 is 0 Å². The highest BCUT2D eigenvalue weighted by Gasteiger charge is 2.06. The van der Waals surface area contributed by atoms with Crippen LogP contribution in [-0.4, -0.2) is 0 Å². The second-order valence-electron chi connectivity index (χ2n) is 3.97. The van der Waals surface area contributed by atoms with E-state index in [4.69, 9.17) is 5.73 Å². The number of halogens is 3. The van der Waals surface area contributed by atoms with Gasteiger partial charge in [0.1, 0.15) is 17.5 Å². The Kier molecular flexibility index (Phi) is 3.14. The Hall–Kier alpha value is -2.17. The van der Waals surface area contributed by atoms with E-state index in [1.165, 1.54) is 6.07 Å². The summed E-state index contributed by atoms with van der Waals surface area (Å²) in [6.45, 7) is 1.58. The predicted molar refractivity (Wildman–Crippen MR) is 65.2 cm³/mol. The van der Waals surface area contributed by atoms with Gasteiger partial charge in [-0.05, 0) is 36.8 Å². The lowest BCUT2D eigenvalue weighted by Crippen LogP contribution is -1.99. The summed E-state index contributed by atoms with van der Waals surface area (Å²) >= 11 is 0. The Balaban J connectivity index is 2.36. The summed E-state index contributed by atoms with van der Waals surface area (Å²) in [5.74, 6) is -1.83. The molecule has 0 fully saturated rings. The lowest BCUT2D eigenvalue weighted by molar-refractivity contribution is 0.584. The first-order valence-electron chi connectivity index (χ1n) is 5.24. The molecular weight excluding hydrogens is 241 g/mol. The normalized spacial score (nSPS) is 10.4. The van der Waals surface area contributed by atoms with Gasteiger partial charge in [0.25, 0.3) is 0 Å². The SMILES string of the molecule is Cc1cc(Nc2cc(F)cc(F)c2)c(N)cc1F. The van der Waals surface area contributed by atoms with Gasteiger partial charge in [-0.3, -0.25) is 0 Å². The molecular formula is C13H11F3N2. The number of hydrogen-bond donors (Lipinski definition) is 2. The number of anilines is 3. The van der Waals surface area contributed by atoms with E-state index in [2.05, 4.69) is 5.32 Å². The van der Waals surface area contributed by atoms with E-state index in [0.717, 1.165) is 24.3 Å². The summed E-state index contributed by atoms with van der Waals surface area (Å²) in [5.41, 5.74) is 6.80. The van der Waals surface area contributed by atoms with Crippen molar-refractivity contribution in [2.75, 3.05) is 11.1 Å². The maximum atomic E-state index is 13.2. The van der Waals surface area contributed by atoms with Gasteiger partial charge in [-0.25, -0.2) is 13.2 Å². The first kappa shape index (κ1) is 12.3. The maximum absolute atomic E-state index is 13.2. The highest BCUT2D eigenvalue weighted by atomic mass is 19.1. The fourth-order valence-electron chi connectivity index (χ4n) is 1.59. The molecule has 0 aromatic heterocycles. The zero-order valence-corrected chi connectivity index (χ0v) is 9.60. The quantitative estimate of drug-likeness (QED) is 0.799. The second kappa shape index (κ2) is 4.60. The van der Waals surface area contributed by atoms with Crippen LogP contribution in [0.15, 0.2) is 30.3 Å². The van der Waals surface area contributed by atoms with E-state index < -0.39 is 17.5 Å². The van der Waals surface area contributed by atoms with Crippen LogP contribution in [0, 0.1) is 24.4 Å². The van der Waals surface area contributed by atoms with Crippen molar-refractivity contribution < 1.29 is 13.2 Å². The van der Waals surface area contributed by atoms with Crippen LogP contribution < -0.4 is 11.1 Å². The molecule has 0 heterocycles. The summed E-state index contributed by atoms with van der Waals surface area (Å²) in [6.07, 6.45) is 0. The first-order valence-corrected chi connectivity index (χ1v) is 5.24. The molecule has 0 bridgehead atoms. The Labute approximate surface area is 102 Å². The van der Waals surface area contributed by atoms with Gasteiger partial charge in [0.05, 0.1) is 11.4 Å². The molecule has 94 valence electrons. The molecule has 0 aliphatic heterocycles. The number of nitrogens with two attached hydrogens (primary N) is 1. The zero-order valence-electron chi connectivity index (χ0n) is 9.60. The Bertz CT molecular complexity index is 577. The van der Waals surface area contributed by atoms with Gasteiger partial charge in [0.2, 0.25) is 0 Å². The van der Waals surface area contributed by atoms with Crippen LogP contribution in [0.25, 0.3) is 0 Å². The third-order valence-electron chi connectivity index (χ3n) is 2.47. The van der Waals surface area contributed by atoms with Crippen molar-refractivity contribution >= 4 is 17.1 Å². The number of hydrogen-bond acceptors (Lipinski definition) is 2. The molecule has 0 unspecified atom stereocenters. The van der Waals surface area contributed by atoms with Crippen LogP contribution in [0.5, 0.6) is 0 Å². The number of nitrogen functional groups attached to an aromatic ring is 1. The lowest BCUT2D eigenvalue weighted by atomic mass is 10.1. The molecule has 2 nitrogen and oxygen atoms in total. The molecule has 2 aromatic rings. The van der Waals surface area contributed by atoms with Gasteiger partial charge in [0.15, 0.2) is 0 Å². The molecule has 2 aromatic carbocycles. The first-order chi connectivity index (χ1) is 8.45. The number of nitrogens with one attached hydrogen (secondary N) is 1. The molecule has 3 N–H and O–H groups in total. The van der Waals surface area contributed by atoms with Gasteiger partial charge >= 0.3 is 0 Å². The van der Waals surface area contributed by atoms with E-state index in [-0.39, 0.29) is 11.4 Å². The summed E-state index contributed by atoms with van der Waals surface area (Å²) in [7, 11) is 0. The Morgan fingerprint density at radius 1 is 0.944 bits per heavy atom. The average molecular weight is 252 g/mol. The average Bonchev–Trinajstić information content (AvgIpc) is 2.24. The molecule has 0 saturated carbocycles. The van der Waals surface area contributed by atoms with Gasteiger partial charge in [0, 0.05) is 11.8 Å². The molecule has 0 spiro atoms. The van der Waals surface area contributed by atoms with E-state index in [1.54, 1.807) is 6.92 Å². The van der Waals surface area contributed by atoms with Crippen LogP contribution in [0.3, 0.4) is 0 Å². The van der Waals surface area contributed by atoms with Gasteiger partial charge in [-0.15, -0.1) is 0 Å². The minimum absolute atomic E-state index is 0.169. The highest BCUT2D eigenvalue weighted by molar-refractivity contribution is 5.73. The molecule has 0 amide bonds. The third kappa shape index (κ3) is 2.56. The fourth-order valence-corrected chi connectivity index (χ4v) is 1.59. The Morgan fingerprint density at radius 3 is 2.17 bits per heavy atom. The smallest absolute Gasteiger partial charge is 0.128 e. The number of benzene rings is 2. The van der Waals surface area contributed by atoms with E-state index in [0.29, 0.717) is 11.3 Å². The summed E-state index contributed by atoms with van der Waals surface area (Å²) < 4.78 is 39.2. The molecule has 5 heteroatoms. The van der Waals surface area contributed by atoms with Crippen molar-refractivity contribution in [2.24, 2.45) is 0 Å². The Morgan fingerprint density at radius 2 is 1.56 bits per heavy atom. The maximum Gasteiger partial charge on any atom is 0.128 e. The highest BCUT2D eigenvalue weighted by Crippen LogP contribution is 2.26. The van der Waals surface area contributed by atoms with Crippen LogP contribution in [0.4, 0.5) is 30.2 Å². The van der Waals surface area contributed by atoms with Crippen molar-refractivity contribution in [3.63, 3.8) is 0 Å². The summed E-state index contributed by atoms with van der Waals surface area (Å²) in [6, 6.07) is 5.66. The van der Waals surface area contributed by atoms with Crippen molar-refractivity contribution in [3.05, 3.63) is 53.3 Å². The van der Waals surface area contributed by atoms with Crippen molar-refractivity contribution in [1.29, 1.82) is 0 Å². The molecule has 0 radical (unpaired) electrons. The van der Waals surface area contributed by atoms with Crippen molar-refractivity contribution in [1.82, 2.24) is 0 Å². The van der Waals surface area contributed by atoms with Crippen LogP contribution >= 0.6 is 0 Å². The van der Waals surface area contributed by atoms with Crippen molar-refractivity contribution in [2.45, 2.75) is 6.92 Å². The number of aryl methyl sites for hydroxylation is 1. The van der Waals surface area contributed by atoms with E-state index in [1.807, 2.05) is 0 Å². The van der Waals surface area contributed by atoms with Gasteiger partial charge in [-0.1, -0.05) is 0 Å². The molecule has 18 heavy (non-hydrogen) atoms. The topological polar surface area (TPSA) is 38.0 Å². The van der Waals surface area contributed by atoms with Gasteiger partial charge < -0.3 is 11.1 Å². The minimum atomic E-state index is -0.699. The summed E-state index contributed by atoms with van der Waals surface area (Å²) in [4.78, 5) is 0. The zero-order chi connectivity index (χ0) is 13.3. The molecule has 0 atom stereocenters. The molecule has 0 aliphatic rings. The molecule has 0 aliphatic carbocycles. The summed E-state index contributed by atoms with van der Waals surface area (Å²) in [5, 5.41) is 2.75. The second-order valence-corrected chi connectivity index (χ2v) is 3.97. The van der Waals surface area contributed by atoms with Crippen LogP contribution in [0.2, 0.25) is 0 Å². The van der Waals surface area contributed by atoms with Gasteiger partial charge in [-0.2, -0.15) is 0 Å². The minimum Gasteiger partial charge on any atom is -0.397 e. The standard InChI is InChI=1S/C13H11F3N2/c1-7-2-13(12(17)6-11(7)16)18-10-4-8(14)3-9(15)5-10/h2-6,18H,17H2,1H3. The van der Waals surface area contributed by atoms with Crippen LogP contribution in [-0.2, 0) is 0 Å². The van der Waals surface area contributed by atoms with Crippen molar-refractivity contribution in [3.8, 4) is 0 Å². The fraction of sp³-hybridized carbons (Fsp3) is 0.0769. The monoisotopic (exact) mass is 252 g/mol. The largest absolute Gasteiger partial charge is 0.397 e. The van der Waals surface area contributed by atoms with Crippen LogP contribution in [0.1, 0.15) is 5.56 Å². The molecule has 2 rings (SSSR count).